The zero-order chi connectivity index (χ0) is 19.5. The van der Waals surface area contributed by atoms with E-state index in [1.54, 1.807) is 24.3 Å². The molecule has 0 saturated heterocycles. The maximum absolute atomic E-state index is 12.8. The molecule has 0 aliphatic rings. The number of imidazole rings is 1. The molecule has 1 amide bonds. The molecule has 0 bridgehead atoms. The Morgan fingerprint density at radius 2 is 1.75 bits per heavy atom. The molecular weight excluding hydrogens is 364 g/mol. The number of halogens is 2. The molecule has 28 heavy (non-hydrogen) atoms. The largest absolute Gasteiger partial charge is 0.455 e. The highest BCUT2D eigenvalue weighted by atomic mass is 19.3. The molecule has 140 valence electrons. The third-order valence-corrected chi connectivity index (χ3v) is 4.08. The summed E-state index contributed by atoms with van der Waals surface area (Å²) in [6, 6.07) is 20.8. The van der Waals surface area contributed by atoms with E-state index >= 15 is 0 Å². The molecule has 5 nitrogen and oxygen atoms in total. The maximum Gasteiger partial charge on any atom is 0.295 e. The zero-order valence-electron chi connectivity index (χ0n) is 14.5. The maximum atomic E-state index is 12.8. The van der Waals surface area contributed by atoms with Gasteiger partial charge in [0.05, 0.1) is 16.7 Å². The van der Waals surface area contributed by atoms with Crippen molar-refractivity contribution in [2.75, 3.05) is 5.32 Å². The van der Waals surface area contributed by atoms with Crippen LogP contribution in [0.15, 0.2) is 72.8 Å². The average molecular weight is 379 g/mol. The van der Waals surface area contributed by atoms with E-state index in [1.807, 2.05) is 30.3 Å². The molecule has 0 radical (unpaired) electrons. The predicted molar refractivity (Wildman–Crippen MR) is 102 cm³/mol. The van der Waals surface area contributed by atoms with Crippen LogP contribution in [0.4, 0.5) is 14.5 Å². The van der Waals surface area contributed by atoms with Crippen LogP contribution in [-0.2, 0) is 0 Å². The van der Waals surface area contributed by atoms with Crippen molar-refractivity contribution >= 4 is 22.6 Å². The fraction of sp³-hybridized carbons (Fsp3) is 0.0476. The lowest BCUT2D eigenvalue weighted by Crippen LogP contribution is -2.12. The van der Waals surface area contributed by atoms with Gasteiger partial charge < -0.3 is 15.0 Å². The van der Waals surface area contributed by atoms with E-state index in [4.69, 9.17) is 4.74 Å². The predicted octanol–water partition coefficient (Wildman–Crippen LogP) is 5.55. The molecule has 1 heterocycles. The van der Waals surface area contributed by atoms with Crippen molar-refractivity contribution in [3.05, 3.63) is 84.2 Å². The summed E-state index contributed by atoms with van der Waals surface area (Å²) < 4.78 is 31.4. The quantitative estimate of drug-likeness (QED) is 0.478. The van der Waals surface area contributed by atoms with Gasteiger partial charge in [-0.3, -0.25) is 4.79 Å². The Bertz CT molecular complexity index is 1130. The molecular formula is C21H15F2N3O2. The van der Waals surface area contributed by atoms with Gasteiger partial charge in [0.15, 0.2) is 11.6 Å². The Hall–Kier alpha value is -3.74. The second-order valence-electron chi connectivity index (χ2n) is 6.02. The van der Waals surface area contributed by atoms with Gasteiger partial charge in [0.25, 0.3) is 12.3 Å². The van der Waals surface area contributed by atoms with E-state index in [2.05, 4.69) is 15.3 Å². The number of fused-ring (bicyclic) bond motifs is 1. The summed E-state index contributed by atoms with van der Waals surface area (Å²) >= 11 is 0. The first-order valence-corrected chi connectivity index (χ1v) is 8.51. The third kappa shape index (κ3) is 3.68. The van der Waals surface area contributed by atoms with Gasteiger partial charge in [-0.25, -0.2) is 13.8 Å². The number of H-pyrrole nitrogens is 1. The van der Waals surface area contributed by atoms with Crippen molar-refractivity contribution in [2.24, 2.45) is 0 Å². The Labute approximate surface area is 159 Å². The number of hydrogen-bond donors (Lipinski definition) is 2. The minimum atomic E-state index is -2.70. The minimum Gasteiger partial charge on any atom is -0.455 e. The van der Waals surface area contributed by atoms with Crippen molar-refractivity contribution in [1.29, 1.82) is 0 Å². The number of ether oxygens (including phenoxy) is 1. The average Bonchev–Trinajstić information content (AvgIpc) is 3.14. The number of nitrogens with one attached hydrogen (secondary N) is 2. The van der Waals surface area contributed by atoms with Crippen molar-refractivity contribution in [3.8, 4) is 11.5 Å². The minimum absolute atomic E-state index is 0.312. The van der Waals surface area contributed by atoms with E-state index in [0.717, 1.165) is 0 Å². The summed E-state index contributed by atoms with van der Waals surface area (Å²) in [5.41, 5.74) is 1.55. The van der Waals surface area contributed by atoms with Crippen LogP contribution in [0.2, 0.25) is 0 Å². The van der Waals surface area contributed by atoms with Gasteiger partial charge in [0, 0.05) is 5.56 Å². The molecule has 4 rings (SSSR count). The van der Waals surface area contributed by atoms with Crippen molar-refractivity contribution in [2.45, 2.75) is 6.43 Å². The SMILES string of the molecule is O=C(Nc1ccccc1Oc1ccccc1)c1ccc2nc(C(F)F)[nH]c2c1. The highest BCUT2D eigenvalue weighted by Crippen LogP contribution is 2.29. The van der Waals surface area contributed by atoms with Crippen LogP contribution >= 0.6 is 0 Å². The molecule has 4 aromatic rings. The standard InChI is InChI=1S/C21H15F2N3O2/c22-19(23)20-24-15-11-10-13(12-17(15)25-20)21(27)26-16-8-4-5-9-18(16)28-14-6-2-1-3-7-14/h1-12,19H,(H,24,25)(H,26,27). The monoisotopic (exact) mass is 379 g/mol. The number of aromatic nitrogens is 2. The molecule has 7 heteroatoms. The number of benzene rings is 3. The lowest BCUT2D eigenvalue weighted by atomic mass is 10.2. The molecule has 0 saturated carbocycles. The first-order valence-electron chi connectivity index (χ1n) is 8.51. The first-order chi connectivity index (χ1) is 13.6. The van der Waals surface area contributed by atoms with Crippen LogP contribution in [-0.4, -0.2) is 15.9 Å². The van der Waals surface area contributed by atoms with Gasteiger partial charge in [-0.2, -0.15) is 0 Å². The van der Waals surface area contributed by atoms with Gasteiger partial charge in [-0.15, -0.1) is 0 Å². The lowest BCUT2D eigenvalue weighted by Gasteiger charge is -2.12. The van der Waals surface area contributed by atoms with Gasteiger partial charge >= 0.3 is 0 Å². The van der Waals surface area contributed by atoms with Crippen molar-refractivity contribution < 1.29 is 18.3 Å². The van der Waals surface area contributed by atoms with Crippen LogP contribution in [0.25, 0.3) is 11.0 Å². The number of rotatable bonds is 5. The summed E-state index contributed by atoms with van der Waals surface area (Å²) in [7, 11) is 0. The highest BCUT2D eigenvalue weighted by molar-refractivity contribution is 6.06. The van der Waals surface area contributed by atoms with E-state index in [0.29, 0.717) is 33.8 Å². The number of alkyl halides is 2. The van der Waals surface area contributed by atoms with E-state index in [-0.39, 0.29) is 5.91 Å². The Morgan fingerprint density at radius 1 is 1.00 bits per heavy atom. The van der Waals surface area contributed by atoms with Gasteiger partial charge in [-0.05, 0) is 42.5 Å². The molecule has 1 aromatic heterocycles. The lowest BCUT2D eigenvalue weighted by molar-refractivity contribution is 0.102. The molecule has 0 aliphatic heterocycles. The third-order valence-electron chi connectivity index (χ3n) is 4.08. The molecule has 0 spiro atoms. The van der Waals surface area contributed by atoms with Crippen LogP contribution < -0.4 is 10.1 Å². The van der Waals surface area contributed by atoms with E-state index < -0.39 is 12.2 Å². The fourth-order valence-corrected chi connectivity index (χ4v) is 2.74. The van der Waals surface area contributed by atoms with E-state index in [1.165, 1.54) is 18.2 Å². The Kier molecular flexibility index (Phi) is 4.72. The number of para-hydroxylation sites is 3. The van der Waals surface area contributed by atoms with Crippen LogP contribution in [0, 0.1) is 0 Å². The summed E-state index contributed by atoms with van der Waals surface area (Å²) in [6.07, 6.45) is -2.70. The fourth-order valence-electron chi connectivity index (χ4n) is 2.74. The second-order valence-corrected chi connectivity index (χ2v) is 6.02. The number of anilines is 1. The van der Waals surface area contributed by atoms with Crippen molar-refractivity contribution in [1.82, 2.24) is 9.97 Å². The Morgan fingerprint density at radius 3 is 2.54 bits per heavy atom. The number of nitrogens with zero attached hydrogens (tertiary/aromatic N) is 1. The number of hydrogen-bond acceptors (Lipinski definition) is 3. The topological polar surface area (TPSA) is 67.0 Å². The van der Waals surface area contributed by atoms with Gasteiger partial charge in [0.2, 0.25) is 0 Å². The normalized spacial score (nSPS) is 11.0. The van der Waals surface area contributed by atoms with E-state index in [9.17, 15) is 13.6 Å². The molecule has 0 unspecified atom stereocenters. The number of carbonyl (C=O) groups is 1. The Balaban J connectivity index is 1.58. The highest BCUT2D eigenvalue weighted by Gasteiger charge is 2.15. The molecule has 0 aliphatic carbocycles. The molecule has 0 atom stereocenters. The van der Waals surface area contributed by atoms with Crippen LogP contribution in [0.3, 0.4) is 0 Å². The summed E-state index contributed by atoms with van der Waals surface area (Å²) in [6.45, 7) is 0. The summed E-state index contributed by atoms with van der Waals surface area (Å²) in [5.74, 6) is 0.320. The second kappa shape index (κ2) is 7.48. The molecule has 0 fully saturated rings. The van der Waals surface area contributed by atoms with Crippen molar-refractivity contribution in [3.63, 3.8) is 0 Å². The first kappa shape index (κ1) is 17.7. The van der Waals surface area contributed by atoms with Gasteiger partial charge in [-0.1, -0.05) is 30.3 Å². The number of carbonyl (C=O) groups excluding carboxylic acids is 1. The molecule has 2 N–H and O–H groups in total. The smallest absolute Gasteiger partial charge is 0.295 e. The van der Waals surface area contributed by atoms with Crippen LogP contribution in [0.5, 0.6) is 11.5 Å². The van der Waals surface area contributed by atoms with Crippen LogP contribution in [0.1, 0.15) is 22.6 Å². The van der Waals surface area contributed by atoms with Gasteiger partial charge in [0.1, 0.15) is 5.75 Å². The summed E-state index contributed by atoms with van der Waals surface area (Å²) in [5, 5.41) is 2.79. The number of amides is 1. The zero-order valence-corrected chi connectivity index (χ0v) is 14.5. The number of aromatic amines is 1. The molecule has 3 aromatic carbocycles. The summed E-state index contributed by atoms with van der Waals surface area (Å²) in [4.78, 5) is 19.0.